The van der Waals surface area contributed by atoms with Crippen LogP contribution in [-0.4, -0.2) is 19.2 Å². The van der Waals surface area contributed by atoms with Crippen LogP contribution in [0.4, 0.5) is 5.69 Å². The summed E-state index contributed by atoms with van der Waals surface area (Å²) in [5.74, 6) is 1.90. The van der Waals surface area contributed by atoms with Gasteiger partial charge in [0.15, 0.2) is 11.5 Å². The first-order valence-corrected chi connectivity index (χ1v) is 5.78. The van der Waals surface area contributed by atoms with Gasteiger partial charge in [0.25, 0.3) is 0 Å². The molecule has 0 aliphatic rings. The van der Waals surface area contributed by atoms with Crippen molar-refractivity contribution >= 4 is 5.69 Å². The zero-order valence-electron chi connectivity index (χ0n) is 10.9. The average molecular weight is 260 g/mol. The summed E-state index contributed by atoms with van der Waals surface area (Å²) < 4.78 is 16.0. The van der Waals surface area contributed by atoms with Crippen molar-refractivity contribution in [2.24, 2.45) is 0 Å². The van der Waals surface area contributed by atoms with E-state index in [1.165, 1.54) is 0 Å². The molecule has 0 amide bonds. The van der Waals surface area contributed by atoms with Crippen molar-refractivity contribution in [2.45, 2.75) is 6.61 Å². The van der Waals surface area contributed by atoms with Crippen LogP contribution in [0.15, 0.2) is 36.5 Å². The predicted octanol–water partition coefficient (Wildman–Crippen LogP) is 2.26. The van der Waals surface area contributed by atoms with Crippen LogP contribution < -0.4 is 19.9 Å². The number of methoxy groups -OCH3 is 2. The molecule has 0 saturated heterocycles. The summed E-state index contributed by atoms with van der Waals surface area (Å²) in [4.78, 5) is 4.07. The number of anilines is 1. The van der Waals surface area contributed by atoms with Crippen LogP contribution in [0.5, 0.6) is 17.4 Å². The van der Waals surface area contributed by atoms with E-state index in [1.54, 1.807) is 32.5 Å². The molecule has 100 valence electrons. The fourth-order valence-corrected chi connectivity index (χ4v) is 1.60. The van der Waals surface area contributed by atoms with Gasteiger partial charge in [0.2, 0.25) is 5.88 Å². The number of nitrogens with zero attached hydrogens (tertiary/aromatic N) is 1. The van der Waals surface area contributed by atoms with Gasteiger partial charge in [-0.25, -0.2) is 4.98 Å². The fourth-order valence-electron chi connectivity index (χ4n) is 1.60. The molecule has 0 bridgehead atoms. The molecular formula is C14H16N2O3. The molecule has 0 aliphatic carbocycles. The normalized spacial score (nSPS) is 10.0. The van der Waals surface area contributed by atoms with Gasteiger partial charge in [0, 0.05) is 6.07 Å². The highest BCUT2D eigenvalue weighted by molar-refractivity contribution is 5.43. The first kappa shape index (κ1) is 13.0. The smallest absolute Gasteiger partial charge is 0.213 e. The molecule has 5 nitrogen and oxygen atoms in total. The second kappa shape index (κ2) is 5.95. The molecule has 2 aromatic rings. The fraction of sp³-hybridized carbons (Fsp3) is 0.214. The second-order valence-corrected chi connectivity index (χ2v) is 3.91. The summed E-state index contributed by atoms with van der Waals surface area (Å²) in [6, 6.07) is 9.11. The van der Waals surface area contributed by atoms with E-state index in [0.717, 1.165) is 5.56 Å². The Labute approximate surface area is 111 Å². The molecule has 0 aliphatic heterocycles. The SMILES string of the molecule is COc1ccc(COc2ccc(N)cn2)cc1OC. The van der Waals surface area contributed by atoms with E-state index in [4.69, 9.17) is 19.9 Å². The first-order valence-electron chi connectivity index (χ1n) is 5.78. The number of aromatic nitrogens is 1. The Morgan fingerprint density at radius 1 is 1.05 bits per heavy atom. The van der Waals surface area contributed by atoms with Crippen LogP contribution in [0, 0.1) is 0 Å². The number of ether oxygens (including phenoxy) is 3. The summed E-state index contributed by atoms with van der Waals surface area (Å²) in [6.45, 7) is 0.400. The number of nitrogen functional groups attached to an aromatic ring is 1. The molecule has 1 heterocycles. The van der Waals surface area contributed by atoms with Gasteiger partial charge in [-0.05, 0) is 23.8 Å². The van der Waals surface area contributed by atoms with E-state index in [0.29, 0.717) is 29.7 Å². The van der Waals surface area contributed by atoms with Crippen LogP contribution in [0.25, 0.3) is 0 Å². The Hall–Kier alpha value is -2.43. The molecule has 19 heavy (non-hydrogen) atoms. The molecule has 2 rings (SSSR count). The maximum Gasteiger partial charge on any atom is 0.213 e. The number of benzene rings is 1. The van der Waals surface area contributed by atoms with Gasteiger partial charge in [-0.2, -0.15) is 0 Å². The van der Waals surface area contributed by atoms with E-state index >= 15 is 0 Å². The van der Waals surface area contributed by atoms with E-state index in [9.17, 15) is 0 Å². The highest BCUT2D eigenvalue weighted by Crippen LogP contribution is 2.27. The predicted molar refractivity (Wildman–Crippen MR) is 72.5 cm³/mol. The Morgan fingerprint density at radius 3 is 2.47 bits per heavy atom. The monoisotopic (exact) mass is 260 g/mol. The quantitative estimate of drug-likeness (QED) is 0.893. The summed E-state index contributed by atoms with van der Waals surface area (Å²) >= 11 is 0. The molecular weight excluding hydrogens is 244 g/mol. The third-order valence-corrected chi connectivity index (χ3v) is 2.59. The van der Waals surface area contributed by atoms with Crippen molar-refractivity contribution in [2.75, 3.05) is 20.0 Å². The van der Waals surface area contributed by atoms with E-state index in [1.807, 2.05) is 18.2 Å². The minimum Gasteiger partial charge on any atom is -0.493 e. The van der Waals surface area contributed by atoms with Crippen LogP contribution in [0.1, 0.15) is 5.56 Å². The lowest BCUT2D eigenvalue weighted by Gasteiger charge is -2.10. The van der Waals surface area contributed by atoms with Crippen LogP contribution in [0.3, 0.4) is 0 Å². The average Bonchev–Trinajstić information content (AvgIpc) is 2.46. The minimum atomic E-state index is 0.400. The van der Waals surface area contributed by atoms with Gasteiger partial charge in [-0.1, -0.05) is 6.07 Å². The van der Waals surface area contributed by atoms with Gasteiger partial charge in [0.1, 0.15) is 6.61 Å². The number of rotatable bonds is 5. The van der Waals surface area contributed by atoms with Gasteiger partial charge in [-0.15, -0.1) is 0 Å². The molecule has 5 heteroatoms. The Morgan fingerprint density at radius 2 is 1.84 bits per heavy atom. The molecule has 0 radical (unpaired) electrons. The van der Waals surface area contributed by atoms with Crippen molar-refractivity contribution < 1.29 is 14.2 Å². The highest BCUT2D eigenvalue weighted by atomic mass is 16.5. The summed E-state index contributed by atoms with van der Waals surface area (Å²) in [7, 11) is 3.20. The number of hydrogen-bond acceptors (Lipinski definition) is 5. The minimum absolute atomic E-state index is 0.400. The Bertz CT molecular complexity index is 541. The standard InChI is InChI=1S/C14H16N2O3/c1-17-12-5-3-10(7-13(12)18-2)9-19-14-6-4-11(15)8-16-14/h3-8H,9,15H2,1-2H3. The molecule has 0 unspecified atom stereocenters. The van der Waals surface area contributed by atoms with Gasteiger partial charge >= 0.3 is 0 Å². The van der Waals surface area contributed by atoms with E-state index in [-0.39, 0.29) is 0 Å². The number of hydrogen-bond donors (Lipinski definition) is 1. The maximum absolute atomic E-state index is 5.56. The van der Waals surface area contributed by atoms with Gasteiger partial charge < -0.3 is 19.9 Å². The lowest BCUT2D eigenvalue weighted by molar-refractivity contribution is 0.292. The molecule has 2 N–H and O–H groups in total. The molecule has 1 aromatic heterocycles. The first-order chi connectivity index (χ1) is 9.22. The third kappa shape index (κ3) is 3.28. The number of pyridine rings is 1. The maximum atomic E-state index is 5.56. The third-order valence-electron chi connectivity index (χ3n) is 2.59. The van der Waals surface area contributed by atoms with Crippen molar-refractivity contribution in [1.29, 1.82) is 0 Å². The van der Waals surface area contributed by atoms with E-state index < -0.39 is 0 Å². The van der Waals surface area contributed by atoms with Crippen molar-refractivity contribution in [3.8, 4) is 17.4 Å². The zero-order valence-corrected chi connectivity index (χ0v) is 10.9. The zero-order chi connectivity index (χ0) is 13.7. The highest BCUT2D eigenvalue weighted by Gasteiger charge is 2.05. The summed E-state index contributed by atoms with van der Waals surface area (Å²) in [5, 5.41) is 0. The topological polar surface area (TPSA) is 66.6 Å². The van der Waals surface area contributed by atoms with Gasteiger partial charge in [-0.3, -0.25) is 0 Å². The summed E-state index contributed by atoms with van der Waals surface area (Å²) in [5.41, 5.74) is 7.13. The number of nitrogens with two attached hydrogens (primary N) is 1. The van der Waals surface area contributed by atoms with Crippen LogP contribution in [0.2, 0.25) is 0 Å². The van der Waals surface area contributed by atoms with Crippen molar-refractivity contribution in [3.05, 3.63) is 42.1 Å². The molecule has 0 fully saturated rings. The Kier molecular flexibility index (Phi) is 4.07. The van der Waals surface area contributed by atoms with Gasteiger partial charge in [0.05, 0.1) is 26.1 Å². The Balaban J connectivity index is 2.05. The van der Waals surface area contributed by atoms with E-state index in [2.05, 4.69) is 4.98 Å². The van der Waals surface area contributed by atoms with Crippen molar-refractivity contribution in [3.63, 3.8) is 0 Å². The summed E-state index contributed by atoms with van der Waals surface area (Å²) in [6.07, 6.45) is 1.56. The lowest BCUT2D eigenvalue weighted by Crippen LogP contribution is -1.99. The van der Waals surface area contributed by atoms with Crippen molar-refractivity contribution in [1.82, 2.24) is 4.98 Å². The molecule has 0 saturated carbocycles. The lowest BCUT2D eigenvalue weighted by atomic mass is 10.2. The largest absolute Gasteiger partial charge is 0.493 e. The van der Waals surface area contributed by atoms with Crippen LogP contribution in [-0.2, 0) is 6.61 Å². The molecule has 0 atom stereocenters. The molecule has 0 spiro atoms. The van der Waals surface area contributed by atoms with Crippen LogP contribution >= 0.6 is 0 Å². The molecule has 1 aromatic carbocycles. The second-order valence-electron chi connectivity index (χ2n) is 3.91.